The van der Waals surface area contributed by atoms with Crippen LogP contribution in [-0.4, -0.2) is 6.61 Å². The van der Waals surface area contributed by atoms with Gasteiger partial charge in [-0.3, -0.25) is 0 Å². The van der Waals surface area contributed by atoms with Crippen molar-refractivity contribution in [2.45, 2.75) is 26.3 Å². The summed E-state index contributed by atoms with van der Waals surface area (Å²) in [5.41, 5.74) is 9.22. The molecular weight excluding hydrogens is 253 g/mol. The average Bonchev–Trinajstić information content (AvgIpc) is 2.46. The van der Waals surface area contributed by atoms with Gasteiger partial charge in [-0.15, -0.1) is 0 Å². The fourth-order valence-corrected chi connectivity index (χ4v) is 2.05. The minimum absolute atomic E-state index is 0.189. The summed E-state index contributed by atoms with van der Waals surface area (Å²) < 4.78 is 18.7. The Labute approximate surface area is 119 Å². The van der Waals surface area contributed by atoms with Gasteiger partial charge in [0.25, 0.3) is 0 Å². The zero-order valence-corrected chi connectivity index (χ0v) is 11.9. The molecule has 0 aliphatic carbocycles. The van der Waals surface area contributed by atoms with E-state index in [1.807, 2.05) is 19.1 Å². The molecule has 0 aliphatic heterocycles. The van der Waals surface area contributed by atoms with Crippen LogP contribution in [-0.2, 0) is 6.42 Å². The van der Waals surface area contributed by atoms with Crippen LogP contribution < -0.4 is 10.5 Å². The summed E-state index contributed by atoms with van der Waals surface area (Å²) in [5.74, 6) is 0.418. The molecule has 2 aromatic rings. The number of ether oxygens (including phenoxy) is 1. The van der Waals surface area contributed by atoms with E-state index < -0.39 is 0 Å². The molecule has 1 unspecified atom stereocenters. The Balaban J connectivity index is 1.98. The van der Waals surface area contributed by atoms with Crippen molar-refractivity contribution >= 4 is 0 Å². The van der Waals surface area contributed by atoms with E-state index in [1.165, 1.54) is 17.7 Å². The van der Waals surface area contributed by atoms with Gasteiger partial charge in [0.2, 0.25) is 0 Å². The summed E-state index contributed by atoms with van der Waals surface area (Å²) in [4.78, 5) is 0. The zero-order chi connectivity index (χ0) is 14.5. The molecule has 0 amide bonds. The second kappa shape index (κ2) is 6.53. The molecule has 0 fully saturated rings. The summed E-state index contributed by atoms with van der Waals surface area (Å²) in [6.45, 7) is 4.31. The summed E-state index contributed by atoms with van der Waals surface area (Å²) in [6, 6.07) is 12.5. The van der Waals surface area contributed by atoms with Gasteiger partial charge in [0, 0.05) is 0 Å². The Kier molecular flexibility index (Phi) is 4.74. The highest BCUT2D eigenvalue weighted by atomic mass is 19.1. The first kappa shape index (κ1) is 14.5. The number of benzene rings is 2. The van der Waals surface area contributed by atoms with Crippen molar-refractivity contribution in [3.05, 3.63) is 65.0 Å². The molecule has 2 rings (SSSR count). The Morgan fingerprint density at radius 3 is 2.45 bits per heavy atom. The highest BCUT2D eigenvalue weighted by molar-refractivity contribution is 5.33. The third kappa shape index (κ3) is 3.58. The lowest BCUT2D eigenvalue weighted by atomic mass is 10.1. The van der Waals surface area contributed by atoms with E-state index in [-0.39, 0.29) is 11.9 Å². The molecule has 0 aromatic heterocycles. The minimum atomic E-state index is -0.255. The highest BCUT2D eigenvalue weighted by Crippen LogP contribution is 2.20. The lowest BCUT2D eigenvalue weighted by Crippen LogP contribution is -2.19. The van der Waals surface area contributed by atoms with Crippen LogP contribution in [0.15, 0.2) is 42.5 Å². The summed E-state index contributed by atoms with van der Waals surface area (Å²) in [6.07, 6.45) is 1.01. The lowest BCUT2D eigenvalue weighted by Gasteiger charge is -2.15. The van der Waals surface area contributed by atoms with Crippen LogP contribution in [0.5, 0.6) is 5.75 Å². The van der Waals surface area contributed by atoms with Gasteiger partial charge in [-0.1, -0.05) is 31.2 Å². The predicted octanol–water partition coefficient (Wildman–Crippen LogP) is 3.78. The number of hydrogen-bond donors (Lipinski definition) is 1. The van der Waals surface area contributed by atoms with Crippen molar-refractivity contribution in [1.29, 1.82) is 0 Å². The third-order valence-electron chi connectivity index (χ3n) is 3.37. The molecule has 20 heavy (non-hydrogen) atoms. The van der Waals surface area contributed by atoms with Crippen molar-refractivity contribution in [2.75, 3.05) is 6.61 Å². The van der Waals surface area contributed by atoms with E-state index in [0.29, 0.717) is 12.4 Å². The van der Waals surface area contributed by atoms with Crippen molar-refractivity contribution in [3.8, 4) is 5.75 Å². The molecule has 3 heteroatoms. The van der Waals surface area contributed by atoms with E-state index in [9.17, 15) is 4.39 Å². The maximum Gasteiger partial charge on any atom is 0.123 e. The van der Waals surface area contributed by atoms with E-state index >= 15 is 0 Å². The third-order valence-corrected chi connectivity index (χ3v) is 3.37. The number of nitrogens with two attached hydrogens (primary N) is 1. The maximum absolute atomic E-state index is 13.0. The molecule has 0 spiro atoms. The number of aryl methyl sites for hydroxylation is 2. The molecule has 106 valence electrons. The molecular formula is C17H20FNO. The average molecular weight is 273 g/mol. The number of halogens is 1. The van der Waals surface area contributed by atoms with E-state index in [2.05, 4.69) is 19.1 Å². The first-order chi connectivity index (χ1) is 9.60. The van der Waals surface area contributed by atoms with Gasteiger partial charge in [0.05, 0.1) is 6.04 Å². The van der Waals surface area contributed by atoms with Crippen LogP contribution in [0.2, 0.25) is 0 Å². The Morgan fingerprint density at radius 2 is 1.85 bits per heavy atom. The zero-order valence-electron chi connectivity index (χ0n) is 11.9. The standard InChI is InChI=1S/C17H20FNO/c1-3-13-4-6-14(7-5-13)16(19)11-20-17-9-8-15(18)10-12(17)2/h4-10,16H,3,11,19H2,1-2H3. The SMILES string of the molecule is CCc1ccc(C(N)COc2ccc(F)cc2C)cc1. The monoisotopic (exact) mass is 273 g/mol. The largest absolute Gasteiger partial charge is 0.491 e. The molecule has 0 radical (unpaired) electrons. The van der Waals surface area contributed by atoms with Crippen LogP contribution in [0.1, 0.15) is 29.7 Å². The number of rotatable bonds is 5. The molecule has 0 heterocycles. The van der Waals surface area contributed by atoms with Gasteiger partial charge in [-0.25, -0.2) is 4.39 Å². The topological polar surface area (TPSA) is 35.2 Å². The van der Waals surface area contributed by atoms with Crippen molar-refractivity contribution in [2.24, 2.45) is 5.73 Å². The van der Waals surface area contributed by atoms with Crippen LogP contribution >= 0.6 is 0 Å². The molecule has 2 aromatic carbocycles. The molecule has 0 bridgehead atoms. The van der Waals surface area contributed by atoms with Gasteiger partial charge in [0.15, 0.2) is 0 Å². The molecule has 0 aliphatic rings. The second-order valence-electron chi connectivity index (χ2n) is 4.92. The first-order valence-electron chi connectivity index (χ1n) is 6.83. The number of hydrogen-bond acceptors (Lipinski definition) is 2. The summed E-state index contributed by atoms with van der Waals surface area (Å²) in [7, 11) is 0. The maximum atomic E-state index is 13.0. The smallest absolute Gasteiger partial charge is 0.123 e. The normalized spacial score (nSPS) is 12.2. The Bertz CT molecular complexity index is 566. The molecule has 2 N–H and O–H groups in total. The Morgan fingerprint density at radius 1 is 1.15 bits per heavy atom. The van der Waals surface area contributed by atoms with Crippen LogP contribution in [0.3, 0.4) is 0 Å². The van der Waals surface area contributed by atoms with Gasteiger partial charge in [-0.2, -0.15) is 0 Å². The summed E-state index contributed by atoms with van der Waals surface area (Å²) >= 11 is 0. The van der Waals surface area contributed by atoms with Gasteiger partial charge >= 0.3 is 0 Å². The van der Waals surface area contributed by atoms with Gasteiger partial charge in [0.1, 0.15) is 18.2 Å². The quantitative estimate of drug-likeness (QED) is 0.900. The van der Waals surface area contributed by atoms with E-state index in [4.69, 9.17) is 10.5 Å². The van der Waals surface area contributed by atoms with Crippen LogP contribution in [0, 0.1) is 12.7 Å². The molecule has 0 saturated carbocycles. The Hall–Kier alpha value is -1.87. The fraction of sp³-hybridized carbons (Fsp3) is 0.294. The van der Waals surface area contributed by atoms with Gasteiger partial charge < -0.3 is 10.5 Å². The second-order valence-corrected chi connectivity index (χ2v) is 4.92. The van der Waals surface area contributed by atoms with Crippen molar-refractivity contribution < 1.29 is 9.13 Å². The van der Waals surface area contributed by atoms with E-state index in [1.54, 1.807) is 6.07 Å². The lowest BCUT2D eigenvalue weighted by molar-refractivity contribution is 0.288. The van der Waals surface area contributed by atoms with Crippen LogP contribution in [0.25, 0.3) is 0 Å². The minimum Gasteiger partial charge on any atom is -0.491 e. The molecule has 0 saturated heterocycles. The van der Waals surface area contributed by atoms with Crippen molar-refractivity contribution in [1.82, 2.24) is 0 Å². The van der Waals surface area contributed by atoms with Crippen molar-refractivity contribution in [3.63, 3.8) is 0 Å². The van der Waals surface area contributed by atoms with Crippen LogP contribution in [0.4, 0.5) is 4.39 Å². The molecule has 2 nitrogen and oxygen atoms in total. The van der Waals surface area contributed by atoms with E-state index in [0.717, 1.165) is 17.5 Å². The first-order valence-corrected chi connectivity index (χ1v) is 6.83. The van der Waals surface area contributed by atoms with Gasteiger partial charge in [-0.05, 0) is 48.2 Å². The fourth-order valence-electron chi connectivity index (χ4n) is 2.05. The predicted molar refractivity (Wildman–Crippen MR) is 79.4 cm³/mol. The summed E-state index contributed by atoms with van der Waals surface area (Å²) in [5, 5.41) is 0. The molecule has 1 atom stereocenters. The highest BCUT2D eigenvalue weighted by Gasteiger charge is 2.08.